The van der Waals surface area contributed by atoms with Gasteiger partial charge in [0.1, 0.15) is 0 Å². The Balaban J connectivity index is 0.914. The topological polar surface area (TPSA) is 0 Å². The van der Waals surface area contributed by atoms with E-state index in [4.69, 9.17) is 0 Å². The third-order valence-corrected chi connectivity index (χ3v) is 19.4. The quantitative estimate of drug-likeness (QED) is 0.133. The van der Waals surface area contributed by atoms with Gasteiger partial charge in [0.15, 0.2) is 0 Å². The van der Waals surface area contributed by atoms with Crippen LogP contribution in [-0.2, 0) is 0 Å². The van der Waals surface area contributed by atoms with Gasteiger partial charge in [-0.3, -0.25) is 0 Å². The first-order chi connectivity index (χ1) is 41.2. The van der Waals surface area contributed by atoms with Crippen molar-refractivity contribution in [3.8, 4) is 134 Å². The maximum Gasteiger partial charge on any atom is 0.0300 e. The molecule has 16 rings (SSSR count). The predicted molar refractivity (Wildman–Crippen MR) is 368 cm³/mol. The van der Waals surface area contributed by atoms with Gasteiger partial charge < -0.3 is 0 Å². The summed E-state index contributed by atoms with van der Waals surface area (Å²) in [5.74, 6) is 0. The Morgan fingerprint density at radius 1 is 0.190 bits per heavy atom. The number of aryl methyl sites for hydroxylation is 4. The molecule has 84 heavy (non-hydrogen) atoms. The molecule has 0 aliphatic heterocycles. The van der Waals surface area contributed by atoms with Gasteiger partial charge in [0.05, 0.1) is 0 Å². The second-order valence-corrected chi connectivity index (χ2v) is 24.4. The van der Waals surface area contributed by atoms with Gasteiger partial charge in [-0.25, -0.2) is 0 Å². The van der Waals surface area contributed by atoms with E-state index in [-0.39, 0.29) is 0 Å². The molecule has 2 aliphatic carbocycles. The van der Waals surface area contributed by atoms with Crippen LogP contribution in [0, 0.1) is 38.2 Å². The maximum atomic E-state index is 2.68. The largest absolute Gasteiger partial charge is 0.0622 e. The highest BCUT2D eigenvalue weighted by molar-refractivity contribution is 14.1. The molecule has 2 aliphatic rings. The first-order valence-electron chi connectivity index (χ1n) is 29.3. The van der Waals surface area contributed by atoms with Crippen molar-refractivity contribution in [1.29, 1.82) is 0 Å². The van der Waals surface area contributed by atoms with Gasteiger partial charge in [-0.1, -0.05) is 277 Å². The fourth-order valence-corrected chi connectivity index (χ4v) is 15.7. The first kappa shape index (κ1) is 50.3. The molecule has 1 heteroatoms. The molecule has 0 fully saturated rings. The molecule has 0 aromatic heterocycles. The Labute approximate surface area is 505 Å². The Kier molecular flexibility index (Phi) is 11.8. The van der Waals surface area contributed by atoms with Crippen LogP contribution in [0.15, 0.2) is 255 Å². The third-order valence-electron chi connectivity index (χ3n) is 18.3. The van der Waals surface area contributed by atoms with Crippen LogP contribution in [0.5, 0.6) is 0 Å². The Morgan fingerprint density at radius 2 is 0.452 bits per heavy atom. The smallest absolute Gasteiger partial charge is 0.0300 e. The van der Waals surface area contributed by atoms with Crippen LogP contribution < -0.4 is 0 Å². The molecule has 0 atom stereocenters. The molecule has 0 saturated heterocycles. The van der Waals surface area contributed by atoms with E-state index >= 15 is 0 Å². The van der Waals surface area contributed by atoms with Crippen molar-refractivity contribution in [1.82, 2.24) is 0 Å². The number of halogens is 1. The standard InChI is InChI=1S/C83H57I/c1-48-26-34-55(35-27-48)71-52(5)72(53-16-8-6-9-17-53)79-69-46-44-63(65-22-14-24-67(77(65)69)80(79)73(71)56-36-28-49(2)29-37-56)61-42-43-62(60-21-13-12-20-59(60)61)64-45-47-70-78-66(64)23-15-25-68(78)81-74(57-38-30-50(3)31-39-57)75(58-40-32-51(4)33-41-58)83(84)76(82(70)81)54-18-10-7-11-19-54/h6-47H,1-5H3. The van der Waals surface area contributed by atoms with E-state index in [1.807, 2.05) is 0 Å². The zero-order chi connectivity index (χ0) is 56.5. The minimum absolute atomic E-state index is 1.23. The average molecular weight is 1180 g/mol. The zero-order valence-electron chi connectivity index (χ0n) is 47.6. The van der Waals surface area contributed by atoms with Gasteiger partial charge in [0.25, 0.3) is 0 Å². The second-order valence-electron chi connectivity index (χ2n) is 23.4. The van der Waals surface area contributed by atoms with Crippen LogP contribution in [-0.4, -0.2) is 0 Å². The highest BCUT2D eigenvalue weighted by Gasteiger charge is 2.36. The van der Waals surface area contributed by atoms with Crippen LogP contribution in [0.2, 0.25) is 0 Å². The molecular weight excluding hydrogens is 1120 g/mol. The lowest BCUT2D eigenvalue weighted by Crippen LogP contribution is -1.99. The Hall–Kier alpha value is -9.41. The summed E-state index contributed by atoms with van der Waals surface area (Å²) in [5, 5.41) is 7.65. The second kappa shape index (κ2) is 19.6. The van der Waals surface area contributed by atoms with Crippen LogP contribution >= 0.6 is 22.6 Å². The molecule has 0 unspecified atom stereocenters. The fraction of sp³-hybridized carbons (Fsp3) is 0.0602. The molecule has 0 bridgehead atoms. The monoisotopic (exact) mass is 1180 g/mol. The maximum absolute atomic E-state index is 2.68. The van der Waals surface area contributed by atoms with Crippen molar-refractivity contribution in [3.05, 3.63) is 286 Å². The lowest BCUT2D eigenvalue weighted by Gasteiger charge is -2.24. The van der Waals surface area contributed by atoms with Gasteiger partial charge in [-0.15, -0.1) is 0 Å². The Bertz CT molecular complexity index is 4720. The molecule has 396 valence electrons. The molecule has 0 radical (unpaired) electrons. The van der Waals surface area contributed by atoms with Crippen molar-refractivity contribution in [2.45, 2.75) is 34.6 Å². The van der Waals surface area contributed by atoms with E-state index < -0.39 is 0 Å². The van der Waals surface area contributed by atoms with E-state index in [0.717, 1.165) is 0 Å². The molecular formula is C83H57I. The number of hydrogen-bond donors (Lipinski definition) is 0. The summed E-state index contributed by atoms with van der Waals surface area (Å²) in [4.78, 5) is 0. The minimum atomic E-state index is 1.23. The highest BCUT2D eigenvalue weighted by Crippen LogP contribution is 2.62. The number of benzene rings is 14. The molecule has 0 amide bonds. The lowest BCUT2D eigenvalue weighted by molar-refractivity contribution is 1.42. The van der Waals surface area contributed by atoms with Crippen molar-refractivity contribution >= 4 is 54.9 Å². The molecule has 0 heterocycles. The van der Waals surface area contributed by atoms with Gasteiger partial charge in [-0.2, -0.15) is 0 Å². The van der Waals surface area contributed by atoms with E-state index in [1.54, 1.807) is 0 Å². The summed E-state index contributed by atoms with van der Waals surface area (Å²) in [5.41, 5.74) is 36.8. The Morgan fingerprint density at radius 3 is 0.881 bits per heavy atom. The normalized spacial score (nSPS) is 11.9. The van der Waals surface area contributed by atoms with Gasteiger partial charge >= 0.3 is 0 Å². The van der Waals surface area contributed by atoms with E-state index in [2.05, 4.69) is 312 Å². The van der Waals surface area contributed by atoms with E-state index in [1.165, 1.54) is 197 Å². The average Bonchev–Trinajstić information content (AvgIpc) is 1.63. The van der Waals surface area contributed by atoms with Gasteiger partial charge in [0, 0.05) is 14.7 Å². The number of rotatable bonds is 8. The zero-order valence-corrected chi connectivity index (χ0v) is 49.8. The van der Waals surface area contributed by atoms with Crippen LogP contribution in [0.4, 0.5) is 0 Å². The summed E-state index contributed by atoms with van der Waals surface area (Å²) in [6.07, 6.45) is 0. The first-order valence-corrected chi connectivity index (χ1v) is 30.4. The third kappa shape index (κ3) is 7.65. The van der Waals surface area contributed by atoms with Crippen molar-refractivity contribution < 1.29 is 0 Å². The summed E-state index contributed by atoms with van der Waals surface area (Å²) in [7, 11) is 0. The molecule has 14 aromatic carbocycles. The molecule has 0 saturated carbocycles. The highest BCUT2D eigenvalue weighted by atomic mass is 127. The van der Waals surface area contributed by atoms with Crippen LogP contribution in [0.1, 0.15) is 27.8 Å². The minimum Gasteiger partial charge on any atom is -0.0622 e. The predicted octanol–water partition coefficient (Wildman–Crippen LogP) is 23.9. The van der Waals surface area contributed by atoms with Crippen molar-refractivity contribution in [2.24, 2.45) is 0 Å². The van der Waals surface area contributed by atoms with E-state index in [0.29, 0.717) is 0 Å². The van der Waals surface area contributed by atoms with E-state index in [9.17, 15) is 0 Å². The summed E-state index contributed by atoms with van der Waals surface area (Å²) < 4.78 is 1.26. The van der Waals surface area contributed by atoms with Crippen molar-refractivity contribution in [3.63, 3.8) is 0 Å². The summed E-state index contributed by atoms with van der Waals surface area (Å²) >= 11 is 2.68. The summed E-state index contributed by atoms with van der Waals surface area (Å²) in [6, 6.07) is 96.6. The molecule has 14 aromatic rings. The molecule has 0 nitrogen and oxygen atoms in total. The van der Waals surface area contributed by atoms with Crippen LogP contribution in [0.25, 0.3) is 166 Å². The van der Waals surface area contributed by atoms with Crippen molar-refractivity contribution in [2.75, 3.05) is 0 Å². The SMILES string of the molecule is Cc1ccc(-c2c(C)c(-c3ccccc3)c3c(c2-c2ccc(C)cc2)-c2cccc4c(-c5ccc(-c6ccc7c8c(cccc68)-c6c(-c8ccc(C)cc8)c(-c8ccc(C)cc8)c(I)c(-c8ccccc8)c6-7)c6ccccc56)ccc-3c24)cc1. The van der Waals surface area contributed by atoms with Crippen LogP contribution in [0.3, 0.4) is 0 Å². The van der Waals surface area contributed by atoms with Gasteiger partial charge in [-0.05, 0) is 217 Å². The number of hydrogen-bond acceptors (Lipinski definition) is 0. The lowest BCUT2D eigenvalue weighted by atomic mass is 9.79. The summed E-state index contributed by atoms with van der Waals surface area (Å²) in [6.45, 7) is 11.1. The number of fused-ring (bicyclic) bond motifs is 7. The molecule has 0 spiro atoms. The fourth-order valence-electron chi connectivity index (χ4n) is 14.5. The van der Waals surface area contributed by atoms with Gasteiger partial charge in [0.2, 0.25) is 0 Å². The molecule has 0 N–H and O–H groups in total.